The summed E-state index contributed by atoms with van der Waals surface area (Å²) in [5.41, 5.74) is 0.395. The highest BCUT2D eigenvalue weighted by Gasteiger charge is 2.35. The first-order chi connectivity index (χ1) is 15.0. The summed E-state index contributed by atoms with van der Waals surface area (Å²) in [6.45, 7) is 3.20. The van der Waals surface area contributed by atoms with Crippen molar-refractivity contribution in [2.45, 2.75) is 31.6 Å². The fourth-order valence-corrected chi connectivity index (χ4v) is 4.11. The number of aliphatic hydroxyl groups is 1. The van der Waals surface area contributed by atoms with Crippen LogP contribution in [0.2, 0.25) is 0 Å². The lowest BCUT2D eigenvalue weighted by Gasteiger charge is -2.41. The Morgan fingerprint density at radius 3 is 2.61 bits per heavy atom. The van der Waals surface area contributed by atoms with Crippen molar-refractivity contribution >= 4 is 5.95 Å². The molecule has 0 amide bonds. The van der Waals surface area contributed by atoms with Gasteiger partial charge in [-0.25, -0.2) is 15.0 Å². The van der Waals surface area contributed by atoms with Crippen LogP contribution in [-0.2, 0) is 20.2 Å². The molecule has 8 heteroatoms. The molecule has 1 N–H and O–H groups in total. The van der Waals surface area contributed by atoms with Crippen molar-refractivity contribution < 1.29 is 9.84 Å². The van der Waals surface area contributed by atoms with E-state index in [9.17, 15) is 5.11 Å². The first kappa shape index (κ1) is 21.3. The molecule has 4 rings (SSSR count). The maximum Gasteiger partial charge on any atom is 0.225 e. The van der Waals surface area contributed by atoms with Gasteiger partial charge < -0.3 is 19.3 Å². The SMILES string of the molecule is CN(Cc1ccc(OCc2nccn2C)cc1)C[C@@]1(O)CCCN(c2ncccn2)C1. The van der Waals surface area contributed by atoms with Crippen LogP contribution < -0.4 is 9.64 Å². The molecular weight excluding hydrogens is 392 g/mol. The Balaban J connectivity index is 1.29. The summed E-state index contributed by atoms with van der Waals surface area (Å²) in [6.07, 6.45) is 8.86. The van der Waals surface area contributed by atoms with Gasteiger partial charge in [0.1, 0.15) is 18.2 Å². The van der Waals surface area contributed by atoms with E-state index in [1.807, 2.05) is 43.1 Å². The molecule has 0 radical (unpaired) electrons. The second-order valence-corrected chi connectivity index (χ2v) is 8.36. The largest absolute Gasteiger partial charge is 0.486 e. The maximum absolute atomic E-state index is 11.2. The summed E-state index contributed by atoms with van der Waals surface area (Å²) >= 11 is 0. The van der Waals surface area contributed by atoms with Gasteiger partial charge in [0.25, 0.3) is 0 Å². The molecule has 0 unspecified atom stereocenters. The number of anilines is 1. The molecule has 1 aliphatic rings. The molecule has 164 valence electrons. The van der Waals surface area contributed by atoms with Crippen molar-refractivity contribution in [3.8, 4) is 5.75 Å². The van der Waals surface area contributed by atoms with Gasteiger partial charge in [0, 0.05) is 51.5 Å². The van der Waals surface area contributed by atoms with Crippen LogP contribution >= 0.6 is 0 Å². The molecule has 0 bridgehead atoms. The van der Waals surface area contributed by atoms with E-state index < -0.39 is 5.60 Å². The number of β-amino-alcohol motifs (C(OH)–C–C–N with tert-alkyl or cyclic N) is 1. The second kappa shape index (κ2) is 9.45. The van der Waals surface area contributed by atoms with Gasteiger partial charge in [-0.05, 0) is 43.7 Å². The third-order valence-electron chi connectivity index (χ3n) is 5.62. The lowest BCUT2D eigenvalue weighted by molar-refractivity contribution is -0.00366. The van der Waals surface area contributed by atoms with Gasteiger partial charge in [-0.2, -0.15) is 0 Å². The zero-order chi connectivity index (χ0) is 21.7. The number of likely N-dealkylation sites (N-methyl/N-ethyl adjacent to an activating group) is 1. The number of hydrogen-bond acceptors (Lipinski definition) is 7. The number of imidazole rings is 1. The van der Waals surface area contributed by atoms with Gasteiger partial charge >= 0.3 is 0 Å². The quantitative estimate of drug-likeness (QED) is 0.596. The van der Waals surface area contributed by atoms with Gasteiger partial charge in [0.15, 0.2) is 0 Å². The third-order valence-corrected chi connectivity index (χ3v) is 5.62. The van der Waals surface area contributed by atoms with Crippen LogP contribution in [-0.4, -0.2) is 61.8 Å². The average Bonchev–Trinajstić information content (AvgIpc) is 3.18. The third kappa shape index (κ3) is 5.59. The van der Waals surface area contributed by atoms with Gasteiger partial charge in [-0.1, -0.05) is 12.1 Å². The maximum atomic E-state index is 11.2. The molecule has 1 aliphatic heterocycles. The van der Waals surface area contributed by atoms with Crippen molar-refractivity contribution in [1.29, 1.82) is 0 Å². The minimum absolute atomic E-state index is 0.442. The fraction of sp³-hybridized carbons (Fsp3) is 0.435. The Morgan fingerprint density at radius 1 is 1.13 bits per heavy atom. The monoisotopic (exact) mass is 422 g/mol. The number of benzene rings is 1. The van der Waals surface area contributed by atoms with Gasteiger partial charge in [0.2, 0.25) is 5.95 Å². The van der Waals surface area contributed by atoms with Crippen molar-refractivity contribution in [3.05, 3.63) is 66.5 Å². The molecule has 1 saturated heterocycles. The number of rotatable bonds is 8. The van der Waals surface area contributed by atoms with Gasteiger partial charge in [-0.3, -0.25) is 4.90 Å². The molecular formula is C23H30N6O2. The smallest absolute Gasteiger partial charge is 0.225 e. The Hall–Kier alpha value is -2.97. The van der Waals surface area contributed by atoms with E-state index in [4.69, 9.17) is 4.74 Å². The fourth-order valence-electron chi connectivity index (χ4n) is 4.11. The summed E-state index contributed by atoms with van der Waals surface area (Å²) in [5, 5.41) is 11.2. The second-order valence-electron chi connectivity index (χ2n) is 8.36. The van der Waals surface area contributed by atoms with E-state index in [1.165, 1.54) is 5.56 Å². The molecule has 1 fully saturated rings. The predicted molar refractivity (Wildman–Crippen MR) is 119 cm³/mol. The zero-order valence-electron chi connectivity index (χ0n) is 18.2. The highest BCUT2D eigenvalue weighted by atomic mass is 16.5. The Kier molecular flexibility index (Phi) is 6.48. The van der Waals surface area contributed by atoms with E-state index in [-0.39, 0.29) is 0 Å². The molecule has 0 saturated carbocycles. The predicted octanol–water partition coefficient (Wildman–Crippen LogP) is 2.25. The van der Waals surface area contributed by atoms with Crippen LogP contribution in [0.1, 0.15) is 24.2 Å². The molecule has 3 heterocycles. The Bertz CT molecular complexity index is 962. The minimum Gasteiger partial charge on any atom is -0.486 e. The number of hydrogen-bond donors (Lipinski definition) is 1. The number of aryl methyl sites for hydroxylation is 1. The van der Waals surface area contributed by atoms with E-state index >= 15 is 0 Å². The molecule has 31 heavy (non-hydrogen) atoms. The minimum atomic E-state index is -0.780. The van der Waals surface area contributed by atoms with E-state index in [1.54, 1.807) is 18.6 Å². The number of aromatic nitrogens is 4. The zero-order valence-corrected chi connectivity index (χ0v) is 18.2. The van der Waals surface area contributed by atoms with Crippen LogP contribution in [0.25, 0.3) is 0 Å². The average molecular weight is 423 g/mol. The molecule has 0 spiro atoms. The molecule has 1 aromatic carbocycles. The van der Waals surface area contributed by atoms with Gasteiger partial charge in [0.05, 0.1) is 12.1 Å². The van der Waals surface area contributed by atoms with Crippen LogP contribution in [0, 0.1) is 0 Å². The summed E-state index contributed by atoms with van der Waals surface area (Å²) in [7, 11) is 4.00. The summed E-state index contributed by atoms with van der Waals surface area (Å²) < 4.78 is 7.78. The highest BCUT2D eigenvalue weighted by molar-refractivity contribution is 5.31. The van der Waals surface area contributed by atoms with E-state index in [0.717, 1.165) is 37.5 Å². The summed E-state index contributed by atoms with van der Waals surface area (Å²) in [4.78, 5) is 17.2. The molecule has 8 nitrogen and oxygen atoms in total. The van der Waals surface area contributed by atoms with Crippen molar-refractivity contribution in [2.75, 3.05) is 31.6 Å². The van der Waals surface area contributed by atoms with Crippen LogP contribution in [0.3, 0.4) is 0 Å². The lowest BCUT2D eigenvalue weighted by Crippen LogP contribution is -2.54. The van der Waals surface area contributed by atoms with E-state index in [2.05, 4.69) is 36.9 Å². The van der Waals surface area contributed by atoms with Crippen molar-refractivity contribution in [2.24, 2.45) is 7.05 Å². The molecule has 3 aromatic rings. The van der Waals surface area contributed by atoms with Crippen molar-refractivity contribution in [3.63, 3.8) is 0 Å². The number of nitrogens with zero attached hydrogens (tertiary/aromatic N) is 6. The summed E-state index contributed by atoms with van der Waals surface area (Å²) in [5.74, 6) is 2.39. The van der Waals surface area contributed by atoms with Crippen LogP contribution in [0.15, 0.2) is 55.1 Å². The number of ether oxygens (including phenoxy) is 1. The lowest BCUT2D eigenvalue weighted by atomic mass is 9.92. The van der Waals surface area contributed by atoms with E-state index in [0.29, 0.717) is 25.6 Å². The van der Waals surface area contributed by atoms with Crippen LogP contribution in [0.5, 0.6) is 5.75 Å². The Labute approximate surface area is 183 Å². The Morgan fingerprint density at radius 2 is 1.90 bits per heavy atom. The first-order valence-corrected chi connectivity index (χ1v) is 10.6. The molecule has 1 atom stereocenters. The molecule has 2 aromatic heterocycles. The highest BCUT2D eigenvalue weighted by Crippen LogP contribution is 2.25. The van der Waals surface area contributed by atoms with Gasteiger partial charge in [-0.15, -0.1) is 0 Å². The number of piperidine rings is 1. The first-order valence-electron chi connectivity index (χ1n) is 10.6. The summed E-state index contributed by atoms with van der Waals surface area (Å²) in [6, 6.07) is 9.91. The normalized spacial score (nSPS) is 19.0. The van der Waals surface area contributed by atoms with Crippen LogP contribution in [0.4, 0.5) is 5.95 Å². The standard InChI is InChI=1S/C23H30N6O2/c1-27(17-23(30)9-3-13-29(18-23)22-25-10-4-11-26-22)15-19-5-7-20(8-6-19)31-16-21-24-12-14-28(21)2/h4-8,10-12,14,30H,3,9,13,15-18H2,1-2H3/t23-/m0/s1. The van der Waals surface area contributed by atoms with Crippen molar-refractivity contribution in [1.82, 2.24) is 24.4 Å². The topological polar surface area (TPSA) is 79.5 Å². The molecule has 0 aliphatic carbocycles.